The molecule has 0 radical (unpaired) electrons. The van der Waals surface area contributed by atoms with Crippen molar-refractivity contribution in [3.8, 4) is 0 Å². The molecule has 2 rings (SSSR count). The van der Waals surface area contributed by atoms with E-state index >= 15 is 0 Å². The maximum atomic E-state index is 6.30. The third-order valence-electron chi connectivity index (χ3n) is 3.18. The topological polar surface area (TPSA) is 28.2 Å². The summed E-state index contributed by atoms with van der Waals surface area (Å²) in [6.45, 7) is 9.45. The van der Waals surface area contributed by atoms with Crippen LogP contribution in [0, 0.1) is 0 Å². The minimum Gasteiger partial charge on any atom is -0.354 e. The van der Waals surface area contributed by atoms with Crippen molar-refractivity contribution in [1.29, 1.82) is 0 Å². The zero-order valence-corrected chi connectivity index (χ0v) is 11.5. The van der Waals surface area contributed by atoms with E-state index in [1.807, 2.05) is 12.3 Å². The summed E-state index contributed by atoms with van der Waals surface area (Å²) in [5.41, 5.74) is 1.12. The monoisotopic (exact) mass is 253 g/mol. The lowest BCUT2D eigenvalue weighted by Crippen LogP contribution is -2.49. The Bertz CT molecular complexity index is 392. The molecule has 1 aliphatic heterocycles. The van der Waals surface area contributed by atoms with Crippen LogP contribution in [0.4, 0.5) is 5.82 Å². The summed E-state index contributed by atoms with van der Waals surface area (Å²) in [6.07, 6.45) is 1.91. The van der Waals surface area contributed by atoms with E-state index in [-0.39, 0.29) is 0 Å². The lowest BCUT2D eigenvalue weighted by atomic mass is 10.1. The summed E-state index contributed by atoms with van der Waals surface area (Å²) in [7, 11) is 0. The third kappa shape index (κ3) is 2.90. The van der Waals surface area contributed by atoms with Gasteiger partial charge in [-0.25, -0.2) is 4.98 Å². The van der Waals surface area contributed by atoms with Gasteiger partial charge in [0, 0.05) is 36.9 Å². The molecule has 3 nitrogen and oxygen atoms in total. The fraction of sp³-hybridized carbons (Fsp3) is 0.615. The van der Waals surface area contributed by atoms with Crippen molar-refractivity contribution in [2.75, 3.05) is 24.5 Å². The van der Waals surface area contributed by atoms with Crippen molar-refractivity contribution in [2.45, 2.75) is 32.7 Å². The van der Waals surface area contributed by atoms with Crippen LogP contribution in [-0.4, -0.2) is 30.7 Å². The lowest BCUT2D eigenvalue weighted by Gasteiger charge is -2.33. The van der Waals surface area contributed by atoms with Gasteiger partial charge in [0.05, 0.1) is 0 Å². The molecule has 0 saturated carbocycles. The maximum Gasteiger partial charge on any atom is 0.130 e. The Labute approximate surface area is 108 Å². The van der Waals surface area contributed by atoms with Gasteiger partial charge in [-0.05, 0) is 24.5 Å². The standard InChI is InChI=1S/C13H20ClN3/c1-9(2)11-7-16-13(6-12(11)14)17-5-4-15-10(3)8-17/h6-7,9-10,15H,4-5,8H2,1-3H3/t10-/m1/s1. The first-order valence-corrected chi connectivity index (χ1v) is 6.59. The summed E-state index contributed by atoms with van der Waals surface area (Å²) in [6, 6.07) is 2.50. The fourth-order valence-corrected chi connectivity index (χ4v) is 2.53. The maximum absolute atomic E-state index is 6.30. The average molecular weight is 254 g/mol. The molecule has 1 aliphatic rings. The van der Waals surface area contributed by atoms with E-state index in [0.717, 1.165) is 36.0 Å². The number of hydrogen-bond donors (Lipinski definition) is 1. The Kier molecular flexibility index (Phi) is 3.89. The van der Waals surface area contributed by atoms with Crippen molar-refractivity contribution in [3.05, 3.63) is 22.8 Å². The van der Waals surface area contributed by atoms with Crippen LogP contribution < -0.4 is 10.2 Å². The van der Waals surface area contributed by atoms with Gasteiger partial charge in [0.25, 0.3) is 0 Å². The Morgan fingerprint density at radius 1 is 1.53 bits per heavy atom. The Hall–Kier alpha value is -0.800. The highest BCUT2D eigenvalue weighted by atomic mass is 35.5. The molecule has 1 aromatic heterocycles. The number of anilines is 1. The van der Waals surface area contributed by atoms with Gasteiger partial charge >= 0.3 is 0 Å². The van der Waals surface area contributed by atoms with Crippen LogP contribution in [0.1, 0.15) is 32.3 Å². The Morgan fingerprint density at radius 2 is 2.29 bits per heavy atom. The fourth-order valence-electron chi connectivity index (χ4n) is 2.17. The molecule has 4 heteroatoms. The first-order valence-electron chi connectivity index (χ1n) is 6.21. The van der Waals surface area contributed by atoms with E-state index in [4.69, 9.17) is 11.6 Å². The molecule has 17 heavy (non-hydrogen) atoms. The quantitative estimate of drug-likeness (QED) is 0.878. The van der Waals surface area contributed by atoms with E-state index in [1.165, 1.54) is 0 Å². The van der Waals surface area contributed by atoms with Crippen LogP contribution >= 0.6 is 11.6 Å². The second-order valence-electron chi connectivity index (χ2n) is 5.02. The van der Waals surface area contributed by atoms with Crippen molar-refractivity contribution < 1.29 is 0 Å². The van der Waals surface area contributed by atoms with E-state index in [2.05, 4.69) is 36.0 Å². The number of pyridine rings is 1. The SMILES string of the molecule is CC(C)c1cnc(N2CCN[C@H](C)C2)cc1Cl. The summed E-state index contributed by atoms with van der Waals surface area (Å²) >= 11 is 6.30. The number of rotatable bonds is 2. The molecule has 1 atom stereocenters. The second-order valence-corrected chi connectivity index (χ2v) is 5.43. The van der Waals surface area contributed by atoms with E-state index in [1.54, 1.807) is 0 Å². The van der Waals surface area contributed by atoms with Crippen LogP contribution in [0.5, 0.6) is 0 Å². The normalized spacial score (nSPS) is 21.0. The van der Waals surface area contributed by atoms with Crippen LogP contribution in [0.15, 0.2) is 12.3 Å². The minimum atomic E-state index is 0.422. The van der Waals surface area contributed by atoms with Crippen molar-refractivity contribution in [2.24, 2.45) is 0 Å². The van der Waals surface area contributed by atoms with Gasteiger partial charge in [-0.15, -0.1) is 0 Å². The molecule has 94 valence electrons. The van der Waals surface area contributed by atoms with Gasteiger partial charge in [-0.1, -0.05) is 25.4 Å². The number of nitrogens with zero attached hydrogens (tertiary/aromatic N) is 2. The average Bonchev–Trinajstić information content (AvgIpc) is 2.28. The number of nitrogens with one attached hydrogen (secondary N) is 1. The lowest BCUT2D eigenvalue weighted by molar-refractivity contribution is 0.482. The number of aromatic nitrogens is 1. The molecule has 2 heterocycles. The zero-order chi connectivity index (χ0) is 12.4. The van der Waals surface area contributed by atoms with Crippen molar-refractivity contribution >= 4 is 17.4 Å². The number of piperazine rings is 1. The van der Waals surface area contributed by atoms with Crippen molar-refractivity contribution in [3.63, 3.8) is 0 Å². The third-order valence-corrected chi connectivity index (χ3v) is 3.51. The molecule has 1 N–H and O–H groups in total. The molecule has 0 amide bonds. The van der Waals surface area contributed by atoms with Gasteiger partial charge in [-0.2, -0.15) is 0 Å². The highest BCUT2D eigenvalue weighted by Gasteiger charge is 2.18. The largest absolute Gasteiger partial charge is 0.354 e. The molecule has 1 fully saturated rings. The molecule has 0 unspecified atom stereocenters. The van der Waals surface area contributed by atoms with Gasteiger partial charge in [-0.3, -0.25) is 0 Å². The summed E-state index contributed by atoms with van der Waals surface area (Å²) in [5.74, 6) is 1.42. The summed E-state index contributed by atoms with van der Waals surface area (Å²) < 4.78 is 0. The summed E-state index contributed by atoms with van der Waals surface area (Å²) in [4.78, 5) is 6.82. The zero-order valence-electron chi connectivity index (χ0n) is 10.7. The highest BCUT2D eigenvalue weighted by Crippen LogP contribution is 2.27. The number of hydrogen-bond acceptors (Lipinski definition) is 3. The molecule has 1 aromatic rings. The molecule has 0 aromatic carbocycles. The van der Waals surface area contributed by atoms with Crippen LogP contribution in [0.3, 0.4) is 0 Å². The van der Waals surface area contributed by atoms with Gasteiger partial charge in [0.15, 0.2) is 0 Å². The molecule has 1 saturated heterocycles. The predicted molar refractivity (Wildman–Crippen MR) is 73.0 cm³/mol. The van der Waals surface area contributed by atoms with E-state index in [0.29, 0.717) is 12.0 Å². The summed E-state index contributed by atoms with van der Waals surface area (Å²) in [5, 5.41) is 4.25. The molecule has 0 spiro atoms. The number of halogens is 1. The highest BCUT2D eigenvalue weighted by molar-refractivity contribution is 6.31. The van der Waals surface area contributed by atoms with Crippen LogP contribution in [-0.2, 0) is 0 Å². The van der Waals surface area contributed by atoms with Gasteiger partial charge < -0.3 is 10.2 Å². The minimum absolute atomic E-state index is 0.422. The van der Waals surface area contributed by atoms with Crippen molar-refractivity contribution in [1.82, 2.24) is 10.3 Å². The van der Waals surface area contributed by atoms with Gasteiger partial charge in [0.2, 0.25) is 0 Å². The Balaban J connectivity index is 2.19. The van der Waals surface area contributed by atoms with Gasteiger partial charge in [0.1, 0.15) is 5.82 Å². The predicted octanol–water partition coefficient (Wildman–Crippen LogP) is 2.66. The smallest absolute Gasteiger partial charge is 0.130 e. The van der Waals surface area contributed by atoms with Crippen LogP contribution in [0.2, 0.25) is 5.02 Å². The van der Waals surface area contributed by atoms with Crippen LogP contribution in [0.25, 0.3) is 0 Å². The first-order chi connectivity index (χ1) is 8.08. The Morgan fingerprint density at radius 3 is 2.88 bits per heavy atom. The van der Waals surface area contributed by atoms with E-state index in [9.17, 15) is 0 Å². The molecular formula is C13H20ClN3. The van der Waals surface area contributed by atoms with E-state index < -0.39 is 0 Å². The molecule has 0 aliphatic carbocycles. The molecule has 0 bridgehead atoms. The second kappa shape index (κ2) is 5.23. The first kappa shape index (κ1) is 12.7. The molecular weight excluding hydrogens is 234 g/mol.